The lowest BCUT2D eigenvalue weighted by molar-refractivity contribution is -0.141. The molecule has 0 aromatic heterocycles. The number of rotatable bonds is 12. The van der Waals surface area contributed by atoms with Crippen molar-refractivity contribution in [2.75, 3.05) is 17.1 Å². The first-order valence-electron chi connectivity index (χ1n) is 13.7. The van der Waals surface area contributed by atoms with E-state index < -0.39 is 27.8 Å². The molecule has 0 bridgehead atoms. The van der Waals surface area contributed by atoms with E-state index in [4.69, 9.17) is 0 Å². The van der Waals surface area contributed by atoms with Crippen molar-refractivity contribution in [3.05, 3.63) is 65.7 Å². The Morgan fingerprint density at radius 3 is 2.30 bits per heavy atom. The number of hydrogen-bond donors (Lipinski definition) is 1. The maximum Gasteiger partial charge on any atom is 0.416 e. The molecule has 40 heavy (non-hydrogen) atoms. The van der Waals surface area contributed by atoms with Crippen LogP contribution in [0.3, 0.4) is 0 Å². The van der Waals surface area contributed by atoms with Crippen molar-refractivity contribution in [3.8, 4) is 0 Å². The van der Waals surface area contributed by atoms with Crippen LogP contribution in [0.2, 0.25) is 0 Å². The second-order valence-electron chi connectivity index (χ2n) is 10.3. The molecule has 2 amide bonds. The highest BCUT2D eigenvalue weighted by atomic mass is 32.2. The summed E-state index contributed by atoms with van der Waals surface area (Å²) in [7, 11) is -3.92. The smallest absolute Gasteiger partial charge is 0.352 e. The zero-order valence-corrected chi connectivity index (χ0v) is 23.8. The Hall–Kier alpha value is -3.08. The van der Waals surface area contributed by atoms with Crippen molar-refractivity contribution in [1.82, 2.24) is 10.2 Å². The Morgan fingerprint density at radius 1 is 1.02 bits per heavy atom. The van der Waals surface area contributed by atoms with Gasteiger partial charge in [-0.3, -0.25) is 13.9 Å². The number of amides is 2. The van der Waals surface area contributed by atoms with Gasteiger partial charge in [-0.2, -0.15) is 13.2 Å². The Kier molecular flexibility index (Phi) is 11.0. The highest BCUT2D eigenvalue weighted by Crippen LogP contribution is 2.32. The first-order valence-corrected chi connectivity index (χ1v) is 15.5. The minimum atomic E-state index is -4.62. The van der Waals surface area contributed by atoms with Gasteiger partial charge in [0.25, 0.3) is 0 Å². The molecule has 11 heteroatoms. The summed E-state index contributed by atoms with van der Waals surface area (Å²) in [6, 6.07) is 12.8. The average molecular weight is 582 g/mol. The second kappa shape index (κ2) is 14.0. The van der Waals surface area contributed by atoms with E-state index in [-0.39, 0.29) is 49.5 Å². The largest absolute Gasteiger partial charge is 0.416 e. The van der Waals surface area contributed by atoms with Crippen molar-refractivity contribution in [2.24, 2.45) is 0 Å². The van der Waals surface area contributed by atoms with E-state index in [0.717, 1.165) is 66.4 Å². The predicted octanol–water partition coefficient (Wildman–Crippen LogP) is 5.51. The molecular weight excluding hydrogens is 543 g/mol. The van der Waals surface area contributed by atoms with Gasteiger partial charge < -0.3 is 10.2 Å². The number of nitrogens with one attached hydrogen (secondary N) is 1. The van der Waals surface area contributed by atoms with Crippen LogP contribution in [0.25, 0.3) is 0 Å². The fourth-order valence-electron chi connectivity index (χ4n) is 5.09. The van der Waals surface area contributed by atoms with Gasteiger partial charge in [-0.15, -0.1) is 0 Å². The van der Waals surface area contributed by atoms with Gasteiger partial charge in [-0.05, 0) is 49.4 Å². The monoisotopic (exact) mass is 581 g/mol. The van der Waals surface area contributed by atoms with Gasteiger partial charge in [0, 0.05) is 25.6 Å². The van der Waals surface area contributed by atoms with Gasteiger partial charge in [0.05, 0.1) is 17.5 Å². The lowest BCUT2D eigenvalue weighted by Gasteiger charge is -2.33. The van der Waals surface area contributed by atoms with Crippen LogP contribution < -0.4 is 9.62 Å². The summed E-state index contributed by atoms with van der Waals surface area (Å²) in [6.45, 7) is 1.87. The topological polar surface area (TPSA) is 86.8 Å². The summed E-state index contributed by atoms with van der Waals surface area (Å²) in [5, 5.41) is 3.11. The van der Waals surface area contributed by atoms with E-state index in [1.165, 1.54) is 11.0 Å². The lowest BCUT2D eigenvalue weighted by Crippen LogP contribution is -2.51. The third-order valence-electron chi connectivity index (χ3n) is 7.15. The molecular formula is C29H38F3N3O4S. The van der Waals surface area contributed by atoms with Crippen molar-refractivity contribution in [3.63, 3.8) is 0 Å². The molecule has 0 aliphatic heterocycles. The molecule has 0 unspecified atom stereocenters. The fraction of sp³-hybridized carbons (Fsp3) is 0.517. The molecule has 2 aromatic carbocycles. The third-order valence-corrected chi connectivity index (χ3v) is 8.34. The Balaban J connectivity index is 1.76. The Labute approximate surface area is 234 Å². The summed E-state index contributed by atoms with van der Waals surface area (Å²) >= 11 is 0. The van der Waals surface area contributed by atoms with E-state index >= 15 is 0 Å². The van der Waals surface area contributed by atoms with Gasteiger partial charge in [-0.1, -0.05) is 62.6 Å². The first kappa shape index (κ1) is 31.4. The van der Waals surface area contributed by atoms with Crippen LogP contribution in [-0.2, 0) is 32.3 Å². The first-order chi connectivity index (χ1) is 18.9. The van der Waals surface area contributed by atoms with Gasteiger partial charge in [0.1, 0.15) is 6.04 Å². The van der Waals surface area contributed by atoms with E-state index in [1.807, 2.05) is 37.3 Å². The van der Waals surface area contributed by atoms with Crippen molar-refractivity contribution in [1.29, 1.82) is 0 Å². The number of carbonyl (C=O) groups is 2. The molecule has 7 nitrogen and oxygen atoms in total. The van der Waals surface area contributed by atoms with Crippen LogP contribution >= 0.6 is 0 Å². The fourth-order valence-corrected chi connectivity index (χ4v) is 6.04. The molecule has 2 aromatic rings. The molecule has 220 valence electrons. The van der Waals surface area contributed by atoms with Gasteiger partial charge in [0.15, 0.2) is 0 Å². The molecule has 0 spiro atoms. The predicted molar refractivity (Wildman–Crippen MR) is 149 cm³/mol. The van der Waals surface area contributed by atoms with Gasteiger partial charge >= 0.3 is 6.18 Å². The maximum atomic E-state index is 13.5. The zero-order chi connectivity index (χ0) is 29.3. The number of carbonyl (C=O) groups excluding carboxylic acids is 2. The molecule has 1 aliphatic carbocycles. The minimum absolute atomic E-state index is 0.0636. The molecule has 1 atom stereocenters. The van der Waals surface area contributed by atoms with Crippen LogP contribution in [-0.4, -0.2) is 50.0 Å². The molecule has 1 fully saturated rings. The molecule has 1 aliphatic rings. The van der Waals surface area contributed by atoms with Gasteiger partial charge in [-0.25, -0.2) is 8.42 Å². The maximum absolute atomic E-state index is 13.5. The van der Waals surface area contributed by atoms with Gasteiger partial charge in [0.2, 0.25) is 21.8 Å². The van der Waals surface area contributed by atoms with Crippen molar-refractivity contribution >= 4 is 27.5 Å². The summed E-state index contributed by atoms with van der Waals surface area (Å²) in [5.74, 6) is -0.535. The number of halogens is 3. The zero-order valence-electron chi connectivity index (χ0n) is 23.0. The molecule has 1 N–H and O–H groups in total. The molecule has 0 radical (unpaired) electrons. The summed E-state index contributed by atoms with van der Waals surface area (Å²) in [5.41, 5.74) is -0.232. The summed E-state index contributed by atoms with van der Waals surface area (Å²) in [6.07, 6.45) is 1.74. The van der Waals surface area contributed by atoms with E-state index in [0.29, 0.717) is 6.42 Å². The lowest BCUT2D eigenvalue weighted by atomic mass is 9.95. The highest BCUT2D eigenvalue weighted by molar-refractivity contribution is 7.92. The van der Waals surface area contributed by atoms with Crippen LogP contribution in [0.5, 0.6) is 0 Å². The number of anilines is 1. The minimum Gasteiger partial charge on any atom is -0.352 e. The van der Waals surface area contributed by atoms with Crippen LogP contribution in [0.4, 0.5) is 18.9 Å². The van der Waals surface area contributed by atoms with Crippen LogP contribution in [0.15, 0.2) is 54.6 Å². The van der Waals surface area contributed by atoms with Crippen LogP contribution in [0, 0.1) is 0 Å². The molecule has 0 saturated heterocycles. The summed E-state index contributed by atoms with van der Waals surface area (Å²) < 4.78 is 65.5. The highest BCUT2D eigenvalue weighted by Gasteiger charge is 2.32. The van der Waals surface area contributed by atoms with Crippen molar-refractivity contribution in [2.45, 2.75) is 83.1 Å². The normalized spacial score (nSPS) is 15.3. The molecule has 3 rings (SSSR count). The second-order valence-corrected chi connectivity index (χ2v) is 12.2. The average Bonchev–Trinajstić information content (AvgIpc) is 2.91. The quantitative estimate of drug-likeness (QED) is 0.358. The van der Waals surface area contributed by atoms with E-state index in [2.05, 4.69) is 5.32 Å². The number of sulfonamides is 1. The summed E-state index contributed by atoms with van der Waals surface area (Å²) in [4.78, 5) is 28.4. The number of benzene rings is 2. The SMILES string of the molecule is CC[C@H](C(=O)NC1CCCCC1)N(Cc1ccccc1)C(=O)CCCN(c1cccc(C(F)(F)F)c1)S(C)(=O)=O. The standard InChI is InChI=1S/C29H38F3N3O4S/c1-3-26(28(37)33-24-15-8-5-9-16-24)34(21-22-12-6-4-7-13-22)27(36)18-11-19-35(40(2,38)39)25-17-10-14-23(20-25)29(30,31)32/h4,6-7,10,12-14,17,20,24,26H,3,5,8-9,11,15-16,18-19,21H2,1-2H3,(H,33,37)/t26-/m1/s1. The number of alkyl halides is 3. The van der Waals surface area contributed by atoms with Crippen molar-refractivity contribution < 1.29 is 31.2 Å². The Morgan fingerprint density at radius 2 is 1.70 bits per heavy atom. The van der Waals surface area contributed by atoms with E-state index in [9.17, 15) is 31.2 Å². The third kappa shape index (κ3) is 8.97. The van der Waals surface area contributed by atoms with E-state index in [1.54, 1.807) is 0 Å². The molecule has 0 heterocycles. The number of nitrogens with zero attached hydrogens (tertiary/aromatic N) is 2. The number of hydrogen-bond acceptors (Lipinski definition) is 4. The molecule has 1 saturated carbocycles. The Bertz CT molecular complexity index is 1230. The van der Waals surface area contributed by atoms with Crippen LogP contribution in [0.1, 0.15) is 69.4 Å².